The van der Waals surface area contributed by atoms with Crippen molar-refractivity contribution in [3.63, 3.8) is 0 Å². The molecule has 2 aromatic rings. The molecule has 0 atom stereocenters. The SMILES string of the molecule is Cc1ccc(CSCC(=O)Nc2c(C)cccc2C)cc1. The van der Waals surface area contributed by atoms with Gasteiger partial charge >= 0.3 is 0 Å². The van der Waals surface area contributed by atoms with Crippen LogP contribution in [-0.4, -0.2) is 11.7 Å². The topological polar surface area (TPSA) is 29.1 Å². The van der Waals surface area contributed by atoms with Gasteiger partial charge in [-0.1, -0.05) is 48.0 Å². The Morgan fingerprint density at radius 2 is 1.62 bits per heavy atom. The highest BCUT2D eigenvalue weighted by atomic mass is 32.2. The van der Waals surface area contributed by atoms with Gasteiger partial charge in [0.05, 0.1) is 5.75 Å². The van der Waals surface area contributed by atoms with Crippen LogP contribution in [0.3, 0.4) is 0 Å². The molecule has 21 heavy (non-hydrogen) atoms. The molecule has 2 rings (SSSR count). The molecule has 1 amide bonds. The maximum atomic E-state index is 12.0. The maximum absolute atomic E-state index is 12.0. The van der Waals surface area contributed by atoms with Crippen LogP contribution in [-0.2, 0) is 10.5 Å². The van der Waals surface area contributed by atoms with Crippen molar-refractivity contribution in [1.29, 1.82) is 0 Å². The number of amides is 1. The highest BCUT2D eigenvalue weighted by molar-refractivity contribution is 7.99. The molecule has 0 fully saturated rings. The van der Waals surface area contributed by atoms with Crippen LogP contribution in [0.25, 0.3) is 0 Å². The standard InChI is InChI=1S/C18H21NOS/c1-13-7-9-16(10-8-13)11-21-12-17(20)19-18-14(2)5-4-6-15(18)3/h4-10H,11-12H2,1-3H3,(H,19,20). The summed E-state index contributed by atoms with van der Waals surface area (Å²) >= 11 is 1.64. The van der Waals surface area contributed by atoms with Crippen LogP contribution < -0.4 is 5.32 Å². The zero-order valence-corrected chi connectivity index (χ0v) is 13.6. The fraction of sp³-hybridized carbons (Fsp3) is 0.278. The van der Waals surface area contributed by atoms with E-state index in [1.54, 1.807) is 11.8 Å². The number of benzene rings is 2. The summed E-state index contributed by atoms with van der Waals surface area (Å²) in [5.41, 5.74) is 5.67. The average molecular weight is 299 g/mol. The van der Waals surface area contributed by atoms with Crippen molar-refractivity contribution in [2.45, 2.75) is 26.5 Å². The third-order valence-electron chi connectivity index (χ3n) is 3.37. The molecule has 0 aliphatic heterocycles. The zero-order chi connectivity index (χ0) is 15.2. The molecule has 0 aliphatic carbocycles. The average Bonchev–Trinajstić information content (AvgIpc) is 2.45. The van der Waals surface area contributed by atoms with Crippen molar-refractivity contribution in [3.05, 3.63) is 64.7 Å². The third-order valence-corrected chi connectivity index (χ3v) is 4.37. The van der Waals surface area contributed by atoms with Crippen molar-refractivity contribution < 1.29 is 4.79 Å². The summed E-state index contributed by atoms with van der Waals surface area (Å²) in [7, 11) is 0. The van der Waals surface area contributed by atoms with Gasteiger partial charge in [-0.05, 0) is 37.5 Å². The van der Waals surface area contributed by atoms with Crippen LogP contribution in [0, 0.1) is 20.8 Å². The van der Waals surface area contributed by atoms with E-state index in [0.29, 0.717) is 5.75 Å². The minimum Gasteiger partial charge on any atom is -0.325 e. The number of thioether (sulfide) groups is 1. The molecule has 0 heterocycles. The molecule has 1 N–H and O–H groups in total. The summed E-state index contributed by atoms with van der Waals surface area (Å²) in [4.78, 5) is 12.0. The Balaban J connectivity index is 1.84. The second-order valence-corrected chi connectivity index (χ2v) is 6.28. The second-order valence-electron chi connectivity index (χ2n) is 5.29. The van der Waals surface area contributed by atoms with Gasteiger partial charge in [-0.15, -0.1) is 11.8 Å². The first-order valence-corrected chi connectivity index (χ1v) is 8.21. The summed E-state index contributed by atoms with van der Waals surface area (Å²) < 4.78 is 0. The first-order chi connectivity index (χ1) is 10.1. The summed E-state index contributed by atoms with van der Waals surface area (Å²) in [5.74, 6) is 1.40. The Kier molecular flexibility index (Phi) is 5.45. The van der Waals surface area contributed by atoms with E-state index in [-0.39, 0.29) is 5.91 Å². The lowest BCUT2D eigenvalue weighted by atomic mass is 10.1. The van der Waals surface area contributed by atoms with Crippen molar-refractivity contribution in [3.8, 4) is 0 Å². The molecule has 0 bridgehead atoms. The van der Waals surface area contributed by atoms with E-state index in [2.05, 4.69) is 36.5 Å². The lowest BCUT2D eigenvalue weighted by Crippen LogP contribution is -2.15. The van der Waals surface area contributed by atoms with Crippen molar-refractivity contribution in [2.24, 2.45) is 0 Å². The Hall–Kier alpha value is -1.74. The number of rotatable bonds is 5. The molecule has 0 radical (unpaired) electrons. The number of para-hydroxylation sites is 1. The number of hydrogen-bond acceptors (Lipinski definition) is 2. The maximum Gasteiger partial charge on any atom is 0.234 e. The fourth-order valence-corrected chi connectivity index (χ4v) is 2.92. The third kappa shape index (κ3) is 4.64. The van der Waals surface area contributed by atoms with Gasteiger partial charge in [0.1, 0.15) is 0 Å². The smallest absolute Gasteiger partial charge is 0.234 e. The first-order valence-electron chi connectivity index (χ1n) is 7.05. The summed E-state index contributed by atoms with van der Waals surface area (Å²) in [6.45, 7) is 6.11. The molecule has 0 spiro atoms. The number of carbonyl (C=O) groups excluding carboxylic acids is 1. The van der Waals surface area contributed by atoms with Crippen molar-refractivity contribution >= 4 is 23.4 Å². The summed E-state index contributed by atoms with van der Waals surface area (Å²) in [5, 5.41) is 3.01. The van der Waals surface area contributed by atoms with E-state index in [1.165, 1.54) is 11.1 Å². The molecule has 3 heteroatoms. The molecule has 0 aromatic heterocycles. The van der Waals surface area contributed by atoms with Crippen LogP contribution >= 0.6 is 11.8 Å². The van der Waals surface area contributed by atoms with Crippen molar-refractivity contribution in [1.82, 2.24) is 0 Å². The van der Waals surface area contributed by atoms with E-state index in [9.17, 15) is 4.79 Å². The van der Waals surface area contributed by atoms with E-state index in [0.717, 1.165) is 22.6 Å². The van der Waals surface area contributed by atoms with Crippen LogP contribution in [0.4, 0.5) is 5.69 Å². The normalized spacial score (nSPS) is 10.4. The summed E-state index contributed by atoms with van der Waals surface area (Å²) in [6.07, 6.45) is 0. The first kappa shape index (κ1) is 15.6. The van der Waals surface area contributed by atoms with Gasteiger partial charge in [-0.3, -0.25) is 4.79 Å². The Morgan fingerprint density at radius 1 is 1.00 bits per heavy atom. The van der Waals surface area contributed by atoms with Gasteiger partial charge in [0.25, 0.3) is 0 Å². The molecule has 0 aliphatic rings. The molecule has 0 unspecified atom stereocenters. The molecular weight excluding hydrogens is 278 g/mol. The van der Waals surface area contributed by atoms with Gasteiger partial charge in [0, 0.05) is 11.4 Å². The molecule has 110 valence electrons. The monoisotopic (exact) mass is 299 g/mol. The number of hydrogen-bond donors (Lipinski definition) is 1. The quantitative estimate of drug-likeness (QED) is 0.881. The Labute approximate surface area is 131 Å². The van der Waals surface area contributed by atoms with Gasteiger partial charge < -0.3 is 5.32 Å². The minimum absolute atomic E-state index is 0.0597. The van der Waals surface area contributed by atoms with E-state index in [1.807, 2.05) is 32.0 Å². The van der Waals surface area contributed by atoms with Crippen LogP contribution in [0.15, 0.2) is 42.5 Å². The van der Waals surface area contributed by atoms with E-state index in [4.69, 9.17) is 0 Å². The number of nitrogens with one attached hydrogen (secondary N) is 1. The van der Waals surface area contributed by atoms with Gasteiger partial charge in [-0.25, -0.2) is 0 Å². The minimum atomic E-state index is 0.0597. The predicted molar refractivity (Wildman–Crippen MR) is 91.9 cm³/mol. The highest BCUT2D eigenvalue weighted by Gasteiger charge is 2.07. The summed E-state index contributed by atoms with van der Waals surface area (Å²) in [6, 6.07) is 14.5. The number of aryl methyl sites for hydroxylation is 3. The lowest BCUT2D eigenvalue weighted by molar-refractivity contribution is -0.113. The predicted octanol–water partition coefficient (Wildman–Crippen LogP) is 4.48. The zero-order valence-electron chi connectivity index (χ0n) is 12.8. The molecule has 2 aromatic carbocycles. The molecule has 2 nitrogen and oxygen atoms in total. The van der Waals surface area contributed by atoms with Crippen LogP contribution in [0.1, 0.15) is 22.3 Å². The van der Waals surface area contributed by atoms with E-state index < -0.39 is 0 Å². The van der Waals surface area contributed by atoms with Crippen molar-refractivity contribution in [2.75, 3.05) is 11.1 Å². The molecular formula is C18H21NOS. The van der Waals surface area contributed by atoms with Crippen LogP contribution in [0.2, 0.25) is 0 Å². The fourth-order valence-electron chi connectivity index (χ4n) is 2.13. The van der Waals surface area contributed by atoms with E-state index >= 15 is 0 Å². The van der Waals surface area contributed by atoms with Gasteiger partial charge in [-0.2, -0.15) is 0 Å². The highest BCUT2D eigenvalue weighted by Crippen LogP contribution is 2.20. The lowest BCUT2D eigenvalue weighted by Gasteiger charge is -2.11. The number of carbonyl (C=O) groups is 1. The van der Waals surface area contributed by atoms with Gasteiger partial charge in [0.15, 0.2) is 0 Å². The van der Waals surface area contributed by atoms with Crippen LogP contribution in [0.5, 0.6) is 0 Å². The second kappa shape index (κ2) is 7.32. The Bertz CT molecular complexity index is 599. The Morgan fingerprint density at radius 3 is 2.24 bits per heavy atom. The molecule has 0 saturated heterocycles. The van der Waals surface area contributed by atoms with Gasteiger partial charge in [0.2, 0.25) is 5.91 Å². The number of anilines is 1. The molecule has 0 saturated carbocycles. The largest absolute Gasteiger partial charge is 0.325 e.